The molecule has 0 aliphatic heterocycles. The van der Waals surface area contributed by atoms with E-state index < -0.39 is 23.1 Å². The van der Waals surface area contributed by atoms with Gasteiger partial charge < -0.3 is 15.4 Å². The molecule has 0 bridgehead atoms. The molecule has 0 aromatic carbocycles. The van der Waals surface area contributed by atoms with E-state index in [0.717, 1.165) is 0 Å². The van der Waals surface area contributed by atoms with Crippen LogP contribution in [0.4, 0.5) is 24.8 Å². The van der Waals surface area contributed by atoms with Crippen molar-refractivity contribution in [1.82, 2.24) is 9.38 Å². The van der Waals surface area contributed by atoms with Gasteiger partial charge in [-0.1, -0.05) is 12.5 Å². The van der Waals surface area contributed by atoms with E-state index in [1.54, 1.807) is 18.2 Å². The average molecular weight is 328 g/mol. The van der Waals surface area contributed by atoms with Crippen molar-refractivity contribution in [2.45, 2.75) is 37.9 Å². The van der Waals surface area contributed by atoms with E-state index in [1.807, 2.05) is 0 Å². The number of pyridine rings is 1. The third-order valence-electron chi connectivity index (χ3n) is 4.16. The number of aromatic nitrogens is 2. The molecule has 2 heterocycles. The van der Waals surface area contributed by atoms with E-state index in [2.05, 4.69) is 10.3 Å². The SMILES string of the molecule is O=[N+]([O-])c1c(N[C@@H]2CCC[C@@H](C(F)(F)F)C2)nc2ccccn12. The number of nitro groups is 1. The maximum atomic E-state index is 12.9. The van der Waals surface area contributed by atoms with Crippen LogP contribution in [0.1, 0.15) is 25.7 Å². The van der Waals surface area contributed by atoms with Gasteiger partial charge in [-0.2, -0.15) is 22.6 Å². The van der Waals surface area contributed by atoms with Crippen LogP contribution < -0.4 is 5.32 Å². The van der Waals surface area contributed by atoms with Crippen LogP contribution in [0.5, 0.6) is 0 Å². The molecule has 6 nitrogen and oxygen atoms in total. The smallest absolute Gasteiger partial charge is 0.360 e. The van der Waals surface area contributed by atoms with Gasteiger partial charge in [-0.15, -0.1) is 0 Å². The molecule has 0 unspecified atom stereocenters. The fourth-order valence-corrected chi connectivity index (χ4v) is 3.07. The van der Waals surface area contributed by atoms with Crippen molar-refractivity contribution in [3.05, 3.63) is 34.5 Å². The third kappa shape index (κ3) is 3.08. The predicted octanol–water partition coefficient (Wildman–Crippen LogP) is 3.78. The van der Waals surface area contributed by atoms with E-state index in [0.29, 0.717) is 18.5 Å². The highest BCUT2D eigenvalue weighted by Gasteiger charge is 2.42. The summed E-state index contributed by atoms with van der Waals surface area (Å²) in [4.78, 5) is 14.9. The molecule has 23 heavy (non-hydrogen) atoms. The van der Waals surface area contributed by atoms with Gasteiger partial charge in [0.2, 0.25) is 11.5 Å². The Morgan fingerprint density at radius 3 is 2.83 bits per heavy atom. The monoisotopic (exact) mass is 328 g/mol. The molecule has 124 valence electrons. The molecule has 0 radical (unpaired) electrons. The summed E-state index contributed by atoms with van der Waals surface area (Å²) < 4.78 is 39.9. The standard InChI is InChI=1S/C14H15F3N4O2/c15-14(16,17)9-4-3-5-10(8-9)18-12-13(21(22)23)20-7-2-1-6-11(20)19-12/h1-2,6-7,9-10,18H,3-5,8H2/t9-,10-/m1/s1. The highest BCUT2D eigenvalue weighted by atomic mass is 19.4. The van der Waals surface area contributed by atoms with E-state index in [-0.39, 0.29) is 24.5 Å². The van der Waals surface area contributed by atoms with Gasteiger partial charge in [0.05, 0.1) is 12.1 Å². The van der Waals surface area contributed by atoms with Crippen molar-refractivity contribution in [2.24, 2.45) is 5.92 Å². The molecule has 1 aliphatic carbocycles. The number of rotatable bonds is 3. The van der Waals surface area contributed by atoms with E-state index >= 15 is 0 Å². The summed E-state index contributed by atoms with van der Waals surface area (Å²) in [5.74, 6) is -1.60. The van der Waals surface area contributed by atoms with Crippen LogP contribution in [0.15, 0.2) is 24.4 Å². The maximum Gasteiger partial charge on any atom is 0.391 e. The summed E-state index contributed by atoms with van der Waals surface area (Å²) in [6.07, 6.45) is -1.74. The Morgan fingerprint density at radius 1 is 1.35 bits per heavy atom. The van der Waals surface area contributed by atoms with Gasteiger partial charge in [-0.05, 0) is 30.3 Å². The Morgan fingerprint density at radius 2 is 2.13 bits per heavy atom. The molecule has 1 saturated carbocycles. The summed E-state index contributed by atoms with van der Waals surface area (Å²) in [6.45, 7) is 0. The summed E-state index contributed by atoms with van der Waals surface area (Å²) in [5.41, 5.74) is 0.380. The Labute approximate surface area is 129 Å². The van der Waals surface area contributed by atoms with Crippen LogP contribution in [0.25, 0.3) is 5.65 Å². The molecule has 3 rings (SSSR count). The Bertz CT molecular complexity index is 728. The topological polar surface area (TPSA) is 72.5 Å². The van der Waals surface area contributed by atoms with Gasteiger partial charge in [-0.3, -0.25) is 0 Å². The molecular weight excluding hydrogens is 313 g/mol. The molecule has 1 N–H and O–H groups in total. The molecule has 1 fully saturated rings. The lowest BCUT2D eigenvalue weighted by Gasteiger charge is -2.30. The maximum absolute atomic E-state index is 12.9. The van der Waals surface area contributed by atoms with Crippen molar-refractivity contribution in [2.75, 3.05) is 5.32 Å². The molecular formula is C14H15F3N4O2. The first-order valence-electron chi connectivity index (χ1n) is 7.31. The van der Waals surface area contributed by atoms with Crippen molar-refractivity contribution in [3.63, 3.8) is 0 Å². The second-order valence-corrected chi connectivity index (χ2v) is 5.72. The fraction of sp³-hybridized carbons (Fsp3) is 0.500. The van der Waals surface area contributed by atoms with Crippen molar-refractivity contribution in [1.29, 1.82) is 0 Å². The Balaban J connectivity index is 1.86. The fourth-order valence-electron chi connectivity index (χ4n) is 3.07. The molecule has 9 heteroatoms. The Kier molecular flexibility index (Phi) is 3.87. The van der Waals surface area contributed by atoms with Crippen LogP contribution in [0.3, 0.4) is 0 Å². The Hall–Kier alpha value is -2.32. The highest BCUT2D eigenvalue weighted by molar-refractivity contribution is 5.62. The number of hydrogen-bond acceptors (Lipinski definition) is 4. The lowest BCUT2D eigenvalue weighted by molar-refractivity contribution is -0.389. The van der Waals surface area contributed by atoms with Gasteiger partial charge in [-0.25, -0.2) is 0 Å². The molecule has 0 amide bonds. The average Bonchev–Trinajstić information content (AvgIpc) is 2.84. The summed E-state index contributed by atoms with van der Waals surface area (Å²) >= 11 is 0. The second kappa shape index (κ2) is 5.71. The summed E-state index contributed by atoms with van der Waals surface area (Å²) in [6, 6.07) is 4.46. The molecule has 2 atom stereocenters. The van der Waals surface area contributed by atoms with Crippen LogP contribution in [-0.2, 0) is 0 Å². The normalized spacial score (nSPS) is 22.2. The highest BCUT2D eigenvalue weighted by Crippen LogP contribution is 2.39. The first-order valence-corrected chi connectivity index (χ1v) is 7.31. The molecule has 0 saturated heterocycles. The van der Waals surface area contributed by atoms with Gasteiger partial charge in [0, 0.05) is 12.1 Å². The van der Waals surface area contributed by atoms with Gasteiger partial charge >= 0.3 is 12.0 Å². The quantitative estimate of drug-likeness (QED) is 0.687. The van der Waals surface area contributed by atoms with E-state index in [1.165, 1.54) is 10.6 Å². The third-order valence-corrected chi connectivity index (χ3v) is 4.16. The molecule has 1 aliphatic rings. The van der Waals surface area contributed by atoms with E-state index in [9.17, 15) is 23.3 Å². The second-order valence-electron chi connectivity index (χ2n) is 5.72. The minimum absolute atomic E-state index is 0.0222. The van der Waals surface area contributed by atoms with Crippen molar-refractivity contribution in [3.8, 4) is 0 Å². The number of nitrogens with one attached hydrogen (secondary N) is 1. The van der Waals surface area contributed by atoms with Gasteiger partial charge in [0.1, 0.15) is 0 Å². The van der Waals surface area contributed by atoms with Gasteiger partial charge in [0.15, 0.2) is 0 Å². The number of alkyl halides is 3. The first kappa shape index (κ1) is 15.6. The minimum Gasteiger partial charge on any atom is -0.360 e. The minimum atomic E-state index is -4.23. The zero-order valence-corrected chi connectivity index (χ0v) is 12.1. The number of hydrogen-bond donors (Lipinski definition) is 1. The lowest BCUT2D eigenvalue weighted by Crippen LogP contribution is -2.34. The molecule has 0 spiro atoms. The number of imidazole rings is 1. The largest absolute Gasteiger partial charge is 0.391 e. The van der Waals surface area contributed by atoms with E-state index in [4.69, 9.17) is 0 Å². The zero-order chi connectivity index (χ0) is 16.6. The van der Waals surface area contributed by atoms with Crippen LogP contribution in [-0.4, -0.2) is 26.5 Å². The molecule has 2 aromatic heterocycles. The zero-order valence-electron chi connectivity index (χ0n) is 12.1. The number of fused-ring (bicyclic) bond motifs is 1. The van der Waals surface area contributed by atoms with Crippen molar-refractivity contribution >= 4 is 17.3 Å². The number of halogens is 3. The van der Waals surface area contributed by atoms with Crippen LogP contribution >= 0.6 is 0 Å². The van der Waals surface area contributed by atoms with Gasteiger partial charge in [0.25, 0.3) is 0 Å². The lowest BCUT2D eigenvalue weighted by atomic mass is 9.85. The van der Waals surface area contributed by atoms with Crippen LogP contribution in [0.2, 0.25) is 0 Å². The van der Waals surface area contributed by atoms with Crippen LogP contribution in [0, 0.1) is 16.0 Å². The summed E-state index contributed by atoms with van der Waals surface area (Å²) in [7, 11) is 0. The molecule has 2 aromatic rings. The predicted molar refractivity (Wildman–Crippen MR) is 77.3 cm³/mol. The number of nitrogens with zero attached hydrogens (tertiary/aromatic N) is 3. The first-order chi connectivity index (χ1) is 10.9. The van der Waals surface area contributed by atoms with Crippen molar-refractivity contribution < 1.29 is 18.1 Å². The summed E-state index contributed by atoms with van der Waals surface area (Å²) in [5, 5.41) is 14.1. The number of anilines is 1.